The fourth-order valence-electron chi connectivity index (χ4n) is 1.28. The molecule has 0 amide bonds. The summed E-state index contributed by atoms with van der Waals surface area (Å²) in [5.41, 5.74) is -1.60. The monoisotopic (exact) mass is 331 g/mol. The van der Waals surface area contributed by atoms with Crippen LogP contribution in [0, 0.1) is 0 Å². The molecule has 0 aliphatic heterocycles. The van der Waals surface area contributed by atoms with Crippen LogP contribution in [0.4, 0.5) is 0 Å². The summed E-state index contributed by atoms with van der Waals surface area (Å²) in [4.78, 5) is 4.01. The third-order valence-corrected chi connectivity index (χ3v) is 3.66. The van der Waals surface area contributed by atoms with Gasteiger partial charge in [0.2, 0.25) is 0 Å². The van der Waals surface area contributed by atoms with Crippen LogP contribution in [0.25, 0.3) is 0 Å². The molecule has 19 heavy (non-hydrogen) atoms. The van der Waals surface area contributed by atoms with Gasteiger partial charge in [0.25, 0.3) is 0 Å². The molecule has 0 radical (unpaired) electrons. The van der Waals surface area contributed by atoms with Crippen LogP contribution in [-0.2, 0) is 4.65 Å². The van der Waals surface area contributed by atoms with Crippen molar-refractivity contribution in [2.24, 2.45) is 0 Å². The number of methoxy groups -OCH3 is 1. The summed E-state index contributed by atoms with van der Waals surface area (Å²) in [5.74, 6) is 0.419. The Kier molecular flexibility index (Phi) is 5.00. The van der Waals surface area contributed by atoms with Gasteiger partial charge in [0.15, 0.2) is 0 Å². The Morgan fingerprint density at radius 3 is 2.37 bits per heavy atom. The van der Waals surface area contributed by atoms with Crippen molar-refractivity contribution in [3.05, 3.63) is 16.9 Å². The number of hydrogen-bond acceptors (Lipinski definition) is 5. The lowest BCUT2D eigenvalue weighted by molar-refractivity contribution is -0.0983. The minimum Gasteiger partial charge on any atom is -0.496 e. The first-order chi connectivity index (χ1) is 8.58. The highest BCUT2D eigenvalue weighted by molar-refractivity contribution is 9.10. The third-order valence-electron chi connectivity index (χ3n) is 3.23. The van der Waals surface area contributed by atoms with Crippen molar-refractivity contribution in [1.82, 2.24) is 4.98 Å². The van der Waals surface area contributed by atoms with Crippen molar-refractivity contribution in [3.63, 3.8) is 0 Å². The summed E-state index contributed by atoms with van der Waals surface area (Å²) in [6, 6.07) is 1.62. The molecule has 0 fully saturated rings. The van der Waals surface area contributed by atoms with Gasteiger partial charge in [0.1, 0.15) is 10.4 Å². The fraction of sp³-hybridized carbons (Fsp3) is 0.583. The second kappa shape index (κ2) is 5.79. The highest BCUT2D eigenvalue weighted by Crippen LogP contribution is 2.26. The molecule has 0 aliphatic carbocycles. The number of halogens is 1. The Balaban J connectivity index is 3.01. The van der Waals surface area contributed by atoms with Crippen molar-refractivity contribution in [2.45, 2.75) is 38.9 Å². The first-order valence-electron chi connectivity index (χ1n) is 5.86. The second-order valence-corrected chi connectivity index (χ2v) is 6.10. The molecular formula is C12H19BBrNO4. The zero-order chi connectivity index (χ0) is 14.8. The summed E-state index contributed by atoms with van der Waals surface area (Å²) in [5, 5.41) is 20.2. The van der Waals surface area contributed by atoms with Crippen LogP contribution >= 0.6 is 15.9 Å². The van der Waals surface area contributed by atoms with Gasteiger partial charge in [-0.05, 0) is 49.7 Å². The zero-order valence-corrected chi connectivity index (χ0v) is 13.4. The van der Waals surface area contributed by atoms with Crippen LogP contribution in [0.5, 0.6) is 5.75 Å². The smallest absolute Gasteiger partial charge is 0.495 e. The number of rotatable bonds is 5. The molecule has 1 rings (SSSR count). The average Bonchev–Trinajstić information content (AvgIpc) is 2.26. The Morgan fingerprint density at radius 1 is 1.32 bits per heavy atom. The van der Waals surface area contributed by atoms with Gasteiger partial charge in [-0.15, -0.1) is 0 Å². The largest absolute Gasteiger partial charge is 0.496 e. The maximum atomic E-state index is 10.2. The van der Waals surface area contributed by atoms with Crippen molar-refractivity contribution in [1.29, 1.82) is 0 Å². The lowest BCUT2D eigenvalue weighted by Crippen LogP contribution is -2.53. The van der Waals surface area contributed by atoms with E-state index in [0.717, 1.165) is 0 Å². The fourth-order valence-corrected chi connectivity index (χ4v) is 1.63. The van der Waals surface area contributed by atoms with Crippen LogP contribution in [0.15, 0.2) is 16.9 Å². The molecule has 1 aromatic heterocycles. The molecule has 0 saturated heterocycles. The van der Waals surface area contributed by atoms with Gasteiger partial charge < -0.3 is 19.5 Å². The quantitative estimate of drug-likeness (QED) is 0.624. The first kappa shape index (κ1) is 16.4. The standard InChI is InChI=1S/C12H19BBrNO4/c1-11(2,16)12(3,4)19-13(17)8-6-10(14)15-7-9(8)18-5/h6-7,16-17H,1-5H3. The number of hydrogen-bond donors (Lipinski definition) is 2. The van der Waals surface area contributed by atoms with Crippen molar-refractivity contribution in [3.8, 4) is 5.75 Å². The Hall–Kier alpha value is -0.625. The van der Waals surface area contributed by atoms with E-state index in [-0.39, 0.29) is 0 Å². The third kappa shape index (κ3) is 3.92. The molecule has 2 N–H and O–H groups in total. The van der Waals surface area contributed by atoms with Crippen LogP contribution in [0.3, 0.4) is 0 Å². The van der Waals surface area contributed by atoms with Gasteiger partial charge in [-0.2, -0.15) is 0 Å². The van der Waals surface area contributed by atoms with E-state index in [4.69, 9.17) is 9.39 Å². The predicted molar refractivity (Wildman–Crippen MR) is 77.6 cm³/mol. The number of ether oxygens (including phenoxy) is 1. The number of nitrogens with zero attached hydrogens (tertiary/aromatic N) is 1. The van der Waals surface area contributed by atoms with Gasteiger partial charge in [0, 0.05) is 5.46 Å². The van der Waals surface area contributed by atoms with Crippen molar-refractivity contribution < 1.29 is 19.5 Å². The van der Waals surface area contributed by atoms with Crippen LogP contribution in [-0.4, -0.2) is 40.5 Å². The van der Waals surface area contributed by atoms with Gasteiger partial charge in [-0.1, -0.05) is 0 Å². The van der Waals surface area contributed by atoms with Gasteiger partial charge >= 0.3 is 7.12 Å². The molecule has 7 heteroatoms. The molecule has 0 aromatic carbocycles. The lowest BCUT2D eigenvalue weighted by Gasteiger charge is -2.38. The van der Waals surface area contributed by atoms with E-state index in [1.165, 1.54) is 13.3 Å². The number of pyridine rings is 1. The van der Waals surface area contributed by atoms with E-state index < -0.39 is 18.3 Å². The highest BCUT2D eigenvalue weighted by Gasteiger charge is 2.40. The SMILES string of the molecule is COc1cnc(Br)cc1B(O)OC(C)(C)C(C)(C)O. The average molecular weight is 332 g/mol. The lowest BCUT2D eigenvalue weighted by atomic mass is 9.76. The summed E-state index contributed by atoms with van der Waals surface area (Å²) >= 11 is 3.23. The second-order valence-electron chi connectivity index (χ2n) is 5.29. The summed E-state index contributed by atoms with van der Waals surface area (Å²) in [6.45, 7) is 6.66. The minimum atomic E-state index is -1.23. The van der Waals surface area contributed by atoms with E-state index in [1.807, 2.05) is 0 Å². The highest BCUT2D eigenvalue weighted by atomic mass is 79.9. The number of aromatic nitrogens is 1. The summed E-state index contributed by atoms with van der Waals surface area (Å²) in [7, 11) is 0.262. The summed E-state index contributed by atoms with van der Waals surface area (Å²) < 4.78 is 11.3. The Morgan fingerprint density at radius 2 is 1.89 bits per heavy atom. The molecule has 0 saturated carbocycles. The van der Waals surface area contributed by atoms with E-state index in [1.54, 1.807) is 33.8 Å². The van der Waals surface area contributed by atoms with Crippen molar-refractivity contribution in [2.75, 3.05) is 7.11 Å². The molecule has 0 unspecified atom stereocenters. The van der Waals surface area contributed by atoms with Crippen LogP contribution in [0.1, 0.15) is 27.7 Å². The van der Waals surface area contributed by atoms with E-state index in [9.17, 15) is 10.1 Å². The maximum Gasteiger partial charge on any atom is 0.495 e. The van der Waals surface area contributed by atoms with E-state index >= 15 is 0 Å². The predicted octanol–water partition coefficient (Wildman–Crippen LogP) is 1.11. The molecule has 106 valence electrons. The minimum absolute atomic E-state index is 0.419. The molecule has 0 bridgehead atoms. The molecule has 1 aromatic rings. The van der Waals surface area contributed by atoms with E-state index in [0.29, 0.717) is 15.8 Å². The normalized spacial score (nSPS) is 12.4. The topological polar surface area (TPSA) is 71.8 Å². The Labute approximate surface area is 122 Å². The number of aliphatic hydroxyl groups is 1. The molecule has 0 spiro atoms. The maximum absolute atomic E-state index is 10.2. The van der Waals surface area contributed by atoms with E-state index in [2.05, 4.69) is 20.9 Å². The van der Waals surface area contributed by atoms with Crippen LogP contribution in [0.2, 0.25) is 0 Å². The van der Waals surface area contributed by atoms with Crippen molar-refractivity contribution >= 4 is 28.5 Å². The zero-order valence-electron chi connectivity index (χ0n) is 11.8. The summed E-state index contributed by atoms with van der Waals surface area (Å²) in [6.07, 6.45) is 1.49. The molecule has 1 heterocycles. The Bertz CT molecular complexity index is 448. The van der Waals surface area contributed by atoms with Crippen LogP contribution < -0.4 is 10.2 Å². The first-order valence-corrected chi connectivity index (χ1v) is 6.65. The molecule has 0 atom stereocenters. The van der Waals surface area contributed by atoms with Gasteiger partial charge in [-0.3, -0.25) is 0 Å². The van der Waals surface area contributed by atoms with Gasteiger partial charge in [0.05, 0.1) is 24.5 Å². The molecule has 0 aliphatic rings. The molecular weight excluding hydrogens is 313 g/mol. The molecule has 5 nitrogen and oxygen atoms in total. The van der Waals surface area contributed by atoms with Gasteiger partial charge in [-0.25, -0.2) is 4.98 Å².